The minimum absolute atomic E-state index is 0.147. The van der Waals surface area contributed by atoms with Crippen LogP contribution in [-0.2, 0) is 10.2 Å². The maximum absolute atomic E-state index is 11.9. The van der Waals surface area contributed by atoms with E-state index in [1.807, 2.05) is 6.07 Å². The zero-order valence-electron chi connectivity index (χ0n) is 11.5. The Kier molecular flexibility index (Phi) is 3.84. The summed E-state index contributed by atoms with van der Waals surface area (Å²) in [5.74, 6) is 0.147. The molecular weight excluding hydrogens is 292 g/mol. The quantitative estimate of drug-likeness (QED) is 0.855. The van der Waals surface area contributed by atoms with E-state index in [0.717, 1.165) is 4.31 Å². The number of nitriles is 1. The number of nitrogen functional groups attached to an aromatic ring is 1. The summed E-state index contributed by atoms with van der Waals surface area (Å²) in [7, 11) is -0.822. The van der Waals surface area contributed by atoms with Crippen LogP contribution in [-0.4, -0.2) is 36.6 Å². The molecule has 8 nitrogen and oxygen atoms in total. The van der Waals surface area contributed by atoms with Crippen molar-refractivity contribution < 1.29 is 8.42 Å². The van der Waals surface area contributed by atoms with Gasteiger partial charge in [0.1, 0.15) is 17.5 Å². The van der Waals surface area contributed by atoms with Crippen molar-refractivity contribution in [2.45, 2.75) is 0 Å². The molecule has 1 heterocycles. The largest absolute Gasteiger partial charge is 0.382 e. The van der Waals surface area contributed by atoms with Gasteiger partial charge in [0.05, 0.1) is 17.6 Å². The highest BCUT2D eigenvalue weighted by atomic mass is 32.2. The summed E-state index contributed by atoms with van der Waals surface area (Å²) in [5.41, 5.74) is 6.79. The Labute approximate surface area is 122 Å². The number of hydrogen-bond acceptors (Lipinski definition) is 5. The molecule has 0 saturated heterocycles. The molecule has 21 heavy (non-hydrogen) atoms. The molecule has 2 aromatic rings. The topological polar surface area (TPSA) is 117 Å². The zero-order valence-corrected chi connectivity index (χ0v) is 12.3. The molecule has 0 amide bonds. The lowest BCUT2D eigenvalue weighted by Gasteiger charge is -2.16. The summed E-state index contributed by atoms with van der Waals surface area (Å²) in [6.45, 7) is 0. The molecular formula is C12H14N6O2S. The molecule has 1 aromatic carbocycles. The summed E-state index contributed by atoms with van der Waals surface area (Å²) in [6.07, 6.45) is 1.33. The third-order valence-electron chi connectivity index (χ3n) is 2.78. The van der Waals surface area contributed by atoms with E-state index in [-0.39, 0.29) is 11.4 Å². The fraction of sp³-hybridized carbons (Fsp3) is 0.167. The first-order valence-electron chi connectivity index (χ1n) is 5.90. The van der Waals surface area contributed by atoms with E-state index in [1.165, 1.54) is 25.0 Å². The second kappa shape index (κ2) is 5.43. The number of aromatic nitrogens is 2. The van der Waals surface area contributed by atoms with E-state index in [9.17, 15) is 8.42 Å². The van der Waals surface area contributed by atoms with Gasteiger partial charge in [0.2, 0.25) is 0 Å². The van der Waals surface area contributed by atoms with E-state index in [2.05, 4.69) is 9.82 Å². The molecule has 3 N–H and O–H groups in total. The minimum Gasteiger partial charge on any atom is -0.382 e. The van der Waals surface area contributed by atoms with Crippen LogP contribution in [0.15, 0.2) is 30.5 Å². The lowest BCUT2D eigenvalue weighted by Crippen LogP contribution is -2.29. The first-order valence-corrected chi connectivity index (χ1v) is 7.34. The standard InChI is InChI=1S/C12H14N6O2S/c1-17(2)21(19,20)16-10-5-3-4-6-11(10)18-12(14)9(7-13)8-15-18/h3-6,8,16H,14H2,1-2H3. The fourth-order valence-electron chi connectivity index (χ4n) is 1.61. The van der Waals surface area contributed by atoms with E-state index < -0.39 is 10.2 Å². The maximum atomic E-state index is 11.9. The van der Waals surface area contributed by atoms with E-state index >= 15 is 0 Å². The Bertz CT molecular complexity index is 803. The minimum atomic E-state index is -3.66. The lowest BCUT2D eigenvalue weighted by atomic mass is 10.2. The van der Waals surface area contributed by atoms with E-state index in [1.54, 1.807) is 24.3 Å². The van der Waals surface area contributed by atoms with Gasteiger partial charge in [-0.05, 0) is 12.1 Å². The fourth-order valence-corrected chi connectivity index (χ4v) is 2.24. The highest BCUT2D eigenvalue weighted by molar-refractivity contribution is 7.90. The van der Waals surface area contributed by atoms with Crippen molar-refractivity contribution in [3.05, 3.63) is 36.0 Å². The van der Waals surface area contributed by atoms with Gasteiger partial charge in [-0.25, -0.2) is 4.68 Å². The van der Waals surface area contributed by atoms with Gasteiger partial charge in [0.15, 0.2) is 0 Å². The first kappa shape index (κ1) is 14.8. The average molecular weight is 306 g/mol. The van der Waals surface area contributed by atoms with Crippen LogP contribution in [0, 0.1) is 11.3 Å². The molecule has 0 atom stereocenters. The predicted octanol–water partition coefficient (Wildman–Crippen LogP) is 0.544. The van der Waals surface area contributed by atoms with Gasteiger partial charge in [-0.15, -0.1) is 0 Å². The van der Waals surface area contributed by atoms with Crippen LogP contribution in [0.3, 0.4) is 0 Å². The lowest BCUT2D eigenvalue weighted by molar-refractivity contribution is 0.527. The van der Waals surface area contributed by atoms with E-state index in [0.29, 0.717) is 11.4 Å². The summed E-state index contributed by atoms with van der Waals surface area (Å²) in [5, 5.41) is 12.9. The Morgan fingerprint density at radius 1 is 1.38 bits per heavy atom. The molecule has 0 bridgehead atoms. The number of benzene rings is 1. The van der Waals surface area contributed by atoms with Crippen molar-refractivity contribution in [1.29, 1.82) is 5.26 Å². The summed E-state index contributed by atoms with van der Waals surface area (Å²) >= 11 is 0. The number of hydrogen-bond donors (Lipinski definition) is 2. The predicted molar refractivity (Wildman–Crippen MR) is 78.9 cm³/mol. The number of para-hydroxylation sites is 2. The smallest absolute Gasteiger partial charge is 0.301 e. The highest BCUT2D eigenvalue weighted by Crippen LogP contribution is 2.24. The molecule has 0 saturated carbocycles. The molecule has 0 aliphatic heterocycles. The second-order valence-electron chi connectivity index (χ2n) is 4.37. The monoisotopic (exact) mass is 306 g/mol. The Balaban J connectivity index is 2.52. The van der Waals surface area contributed by atoms with Gasteiger partial charge in [-0.3, -0.25) is 4.72 Å². The molecule has 0 unspecified atom stereocenters. The van der Waals surface area contributed by atoms with Gasteiger partial charge in [-0.1, -0.05) is 12.1 Å². The Hall–Kier alpha value is -2.57. The van der Waals surface area contributed by atoms with Crippen molar-refractivity contribution in [3.63, 3.8) is 0 Å². The molecule has 0 spiro atoms. The van der Waals surface area contributed by atoms with Gasteiger partial charge < -0.3 is 5.73 Å². The van der Waals surface area contributed by atoms with E-state index in [4.69, 9.17) is 11.0 Å². The third kappa shape index (κ3) is 2.81. The molecule has 2 rings (SSSR count). The Morgan fingerprint density at radius 2 is 2.05 bits per heavy atom. The molecule has 0 fully saturated rings. The molecule has 0 radical (unpaired) electrons. The SMILES string of the molecule is CN(C)S(=O)(=O)Nc1ccccc1-n1ncc(C#N)c1N. The van der Waals surface area contributed by atoms with Crippen LogP contribution in [0.1, 0.15) is 5.56 Å². The molecule has 0 aliphatic carbocycles. The molecule has 110 valence electrons. The average Bonchev–Trinajstić information content (AvgIpc) is 2.80. The summed E-state index contributed by atoms with van der Waals surface area (Å²) in [6, 6.07) is 8.55. The normalized spacial score (nSPS) is 11.3. The number of nitrogens with zero attached hydrogens (tertiary/aromatic N) is 4. The van der Waals surface area contributed by atoms with Crippen molar-refractivity contribution >= 4 is 21.7 Å². The van der Waals surface area contributed by atoms with Crippen LogP contribution in [0.5, 0.6) is 0 Å². The van der Waals surface area contributed by atoms with Crippen molar-refractivity contribution in [3.8, 4) is 11.8 Å². The molecule has 0 aliphatic rings. The van der Waals surface area contributed by atoms with Crippen LogP contribution < -0.4 is 10.5 Å². The van der Waals surface area contributed by atoms with Gasteiger partial charge >= 0.3 is 10.2 Å². The highest BCUT2D eigenvalue weighted by Gasteiger charge is 2.17. The van der Waals surface area contributed by atoms with Crippen LogP contribution in [0.4, 0.5) is 11.5 Å². The third-order valence-corrected chi connectivity index (χ3v) is 4.22. The molecule has 1 aromatic heterocycles. The zero-order chi connectivity index (χ0) is 15.6. The summed E-state index contributed by atoms with van der Waals surface area (Å²) < 4.78 is 28.7. The number of rotatable bonds is 4. The van der Waals surface area contributed by atoms with Crippen molar-refractivity contribution in [2.24, 2.45) is 0 Å². The first-order chi connectivity index (χ1) is 9.86. The maximum Gasteiger partial charge on any atom is 0.301 e. The second-order valence-corrected chi connectivity index (χ2v) is 6.26. The van der Waals surface area contributed by atoms with Gasteiger partial charge in [-0.2, -0.15) is 23.1 Å². The van der Waals surface area contributed by atoms with Gasteiger partial charge in [0, 0.05) is 14.1 Å². The number of anilines is 2. The Morgan fingerprint density at radius 3 is 2.62 bits per heavy atom. The summed E-state index contributed by atoms with van der Waals surface area (Å²) in [4.78, 5) is 0. The number of nitrogens with one attached hydrogen (secondary N) is 1. The van der Waals surface area contributed by atoms with Crippen LogP contribution in [0.2, 0.25) is 0 Å². The number of nitrogens with two attached hydrogens (primary N) is 1. The van der Waals surface area contributed by atoms with Gasteiger partial charge in [0.25, 0.3) is 0 Å². The molecule has 9 heteroatoms. The van der Waals surface area contributed by atoms with Crippen molar-refractivity contribution in [2.75, 3.05) is 24.6 Å². The van der Waals surface area contributed by atoms with Crippen LogP contribution in [0.25, 0.3) is 5.69 Å². The van der Waals surface area contributed by atoms with Crippen molar-refractivity contribution in [1.82, 2.24) is 14.1 Å². The van der Waals surface area contributed by atoms with Crippen LogP contribution >= 0.6 is 0 Å².